The molecule has 2 rings (SSSR count). The van der Waals surface area contributed by atoms with Crippen molar-refractivity contribution in [1.82, 2.24) is 9.97 Å². The Morgan fingerprint density at radius 2 is 1.65 bits per heavy atom. The van der Waals surface area contributed by atoms with Crippen molar-refractivity contribution in [2.75, 3.05) is 37.0 Å². The van der Waals surface area contributed by atoms with Gasteiger partial charge in [0.1, 0.15) is 5.82 Å². The van der Waals surface area contributed by atoms with Crippen molar-refractivity contribution in [1.29, 1.82) is 0 Å². The molecule has 1 saturated heterocycles. The summed E-state index contributed by atoms with van der Waals surface area (Å²) in [6.07, 6.45) is -0.298. The number of hydrogen-bond acceptors (Lipinski definition) is 4. The summed E-state index contributed by atoms with van der Waals surface area (Å²) in [5, 5.41) is 0. The second kappa shape index (κ2) is 5.85. The maximum absolute atomic E-state index is 12.9. The van der Waals surface area contributed by atoms with Gasteiger partial charge in [-0.3, -0.25) is 0 Å². The van der Waals surface area contributed by atoms with Gasteiger partial charge in [0.25, 0.3) is 0 Å². The van der Waals surface area contributed by atoms with Crippen LogP contribution in [0, 0.1) is 0 Å². The molecule has 0 atom stereocenters. The zero-order valence-corrected chi connectivity index (χ0v) is 11.7. The van der Waals surface area contributed by atoms with Crippen LogP contribution in [0.3, 0.4) is 0 Å². The van der Waals surface area contributed by atoms with Gasteiger partial charge < -0.3 is 9.80 Å². The van der Waals surface area contributed by atoms with Crippen LogP contribution in [-0.2, 0) is 6.18 Å². The van der Waals surface area contributed by atoms with Gasteiger partial charge in [-0.2, -0.15) is 18.2 Å². The van der Waals surface area contributed by atoms with E-state index in [4.69, 9.17) is 0 Å². The average Bonchev–Trinajstić information content (AvgIpc) is 2.66. The summed E-state index contributed by atoms with van der Waals surface area (Å²) < 4.78 is 38.8. The van der Waals surface area contributed by atoms with E-state index >= 15 is 0 Å². The van der Waals surface area contributed by atoms with Gasteiger partial charge in [0, 0.05) is 33.3 Å². The highest BCUT2D eigenvalue weighted by Gasteiger charge is 2.34. The average molecular weight is 288 g/mol. The molecular formula is C13H19F3N4. The molecule has 1 aromatic rings. The van der Waals surface area contributed by atoms with Crippen molar-refractivity contribution >= 4 is 11.8 Å². The fraction of sp³-hybridized carbons (Fsp3) is 0.692. The van der Waals surface area contributed by atoms with Gasteiger partial charge in [0.05, 0.1) is 0 Å². The van der Waals surface area contributed by atoms with Gasteiger partial charge in [-0.05, 0) is 12.8 Å². The lowest BCUT2D eigenvalue weighted by atomic mass is 10.2. The summed E-state index contributed by atoms with van der Waals surface area (Å²) in [6, 6.07) is 0.987. The summed E-state index contributed by atoms with van der Waals surface area (Å²) in [4.78, 5) is 11.4. The van der Waals surface area contributed by atoms with E-state index in [1.807, 2.05) is 4.90 Å². The van der Waals surface area contributed by atoms with E-state index in [-0.39, 0.29) is 11.8 Å². The van der Waals surface area contributed by atoms with Crippen molar-refractivity contribution < 1.29 is 13.2 Å². The van der Waals surface area contributed by atoms with Gasteiger partial charge in [0.15, 0.2) is 5.69 Å². The second-order valence-corrected chi connectivity index (χ2v) is 5.20. The van der Waals surface area contributed by atoms with E-state index in [2.05, 4.69) is 9.97 Å². The fourth-order valence-corrected chi connectivity index (χ4v) is 2.21. The van der Waals surface area contributed by atoms with Crippen molar-refractivity contribution in [3.63, 3.8) is 0 Å². The molecule has 0 radical (unpaired) electrons. The smallest absolute Gasteiger partial charge is 0.363 e. The van der Waals surface area contributed by atoms with Gasteiger partial charge in [0.2, 0.25) is 5.95 Å². The molecule has 0 saturated carbocycles. The van der Waals surface area contributed by atoms with Crippen molar-refractivity contribution in [2.45, 2.75) is 31.9 Å². The molecular weight excluding hydrogens is 269 g/mol. The highest BCUT2D eigenvalue weighted by molar-refractivity contribution is 5.45. The number of aromatic nitrogens is 2. The maximum atomic E-state index is 12.9. The summed E-state index contributed by atoms with van der Waals surface area (Å²) in [5.41, 5.74) is -0.879. The van der Waals surface area contributed by atoms with Crippen LogP contribution in [0.4, 0.5) is 24.9 Å². The van der Waals surface area contributed by atoms with Crippen LogP contribution >= 0.6 is 0 Å². The highest BCUT2D eigenvalue weighted by atomic mass is 19.4. The minimum absolute atomic E-state index is 0.186. The minimum atomic E-state index is -4.45. The van der Waals surface area contributed by atoms with Crippen LogP contribution in [0.1, 0.15) is 31.4 Å². The predicted molar refractivity (Wildman–Crippen MR) is 72.0 cm³/mol. The first-order valence-electron chi connectivity index (χ1n) is 6.76. The third-order valence-electron chi connectivity index (χ3n) is 3.34. The van der Waals surface area contributed by atoms with Crippen molar-refractivity contribution in [3.05, 3.63) is 11.8 Å². The van der Waals surface area contributed by atoms with Crippen LogP contribution in [0.25, 0.3) is 0 Å². The van der Waals surface area contributed by atoms with E-state index < -0.39 is 11.9 Å². The largest absolute Gasteiger partial charge is 0.433 e. The Balaban J connectivity index is 2.38. The van der Waals surface area contributed by atoms with Crippen LogP contribution in [0.2, 0.25) is 0 Å². The molecule has 0 aromatic carbocycles. The number of nitrogens with zero attached hydrogens (tertiary/aromatic N) is 4. The quantitative estimate of drug-likeness (QED) is 0.837. The van der Waals surface area contributed by atoms with Gasteiger partial charge >= 0.3 is 6.18 Å². The predicted octanol–water partition coefficient (Wildman–Crippen LogP) is 2.94. The third-order valence-corrected chi connectivity index (χ3v) is 3.34. The minimum Gasteiger partial charge on any atom is -0.363 e. The normalized spacial score (nSPS) is 16.9. The zero-order chi connectivity index (χ0) is 14.8. The molecule has 0 aliphatic carbocycles. The number of rotatable bonds is 2. The Morgan fingerprint density at radius 3 is 2.15 bits per heavy atom. The summed E-state index contributed by atoms with van der Waals surface area (Å²) in [7, 11) is 3.35. The number of hydrogen-bond donors (Lipinski definition) is 0. The Hall–Kier alpha value is -1.53. The molecule has 0 spiro atoms. The van der Waals surface area contributed by atoms with E-state index in [0.29, 0.717) is 13.1 Å². The standard InChI is InChI=1S/C13H19F3N4/c1-19(2)11-9-10(13(14,15)16)17-12(18-11)20-7-5-3-4-6-8-20/h9H,3-8H2,1-2H3. The molecule has 0 N–H and O–H groups in total. The number of alkyl halides is 3. The Kier molecular flexibility index (Phi) is 4.35. The van der Waals surface area contributed by atoms with E-state index in [1.165, 1.54) is 0 Å². The third kappa shape index (κ3) is 3.52. The van der Waals surface area contributed by atoms with E-state index in [0.717, 1.165) is 31.7 Å². The molecule has 1 aliphatic heterocycles. The summed E-state index contributed by atoms with van der Waals surface area (Å²) in [6.45, 7) is 1.43. The summed E-state index contributed by atoms with van der Waals surface area (Å²) in [5.74, 6) is 0.469. The lowest BCUT2D eigenvalue weighted by Gasteiger charge is -2.23. The van der Waals surface area contributed by atoms with Crippen LogP contribution in [-0.4, -0.2) is 37.2 Å². The molecule has 0 amide bonds. The topological polar surface area (TPSA) is 32.3 Å². The van der Waals surface area contributed by atoms with Gasteiger partial charge in [-0.25, -0.2) is 4.98 Å². The van der Waals surface area contributed by atoms with Crippen molar-refractivity contribution in [3.8, 4) is 0 Å². The first-order chi connectivity index (χ1) is 9.38. The lowest BCUT2D eigenvalue weighted by molar-refractivity contribution is -0.141. The zero-order valence-electron chi connectivity index (χ0n) is 11.7. The van der Waals surface area contributed by atoms with Crippen LogP contribution in [0.15, 0.2) is 6.07 Å². The molecule has 1 aliphatic rings. The molecule has 20 heavy (non-hydrogen) atoms. The highest BCUT2D eigenvalue weighted by Crippen LogP contribution is 2.31. The first-order valence-corrected chi connectivity index (χ1v) is 6.76. The van der Waals surface area contributed by atoms with E-state index in [1.54, 1.807) is 19.0 Å². The van der Waals surface area contributed by atoms with Gasteiger partial charge in [-0.15, -0.1) is 0 Å². The number of anilines is 2. The molecule has 0 bridgehead atoms. The lowest BCUT2D eigenvalue weighted by Crippen LogP contribution is -2.28. The first kappa shape index (κ1) is 14.9. The number of halogens is 3. The Morgan fingerprint density at radius 1 is 1.05 bits per heavy atom. The second-order valence-electron chi connectivity index (χ2n) is 5.20. The molecule has 0 unspecified atom stereocenters. The summed E-state index contributed by atoms with van der Waals surface area (Å²) >= 11 is 0. The van der Waals surface area contributed by atoms with Gasteiger partial charge in [-0.1, -0.05) is 12.8 Å². The maximum Gasteiger partial charge on any atom is 0.433 e. The molecule has 7 heteroatoms. The van der Waals surface area contributed by atoms with Crippen LogP contribution < -0.4 is 9.80 Å². The molecule has 4 nitrogen and oxygen atoms in total. The molecule has 1 aromatic heterocycles. The SMILES string of the molecule is CN(C)c1cc(C(F)(F)F)nc(N2CCCCCC2)n1. The molecule has 112 valence electrons. The van der Waals surface area contributed by atoms with Crippen LogP contribution in [0.5, 0.6) is 0 Å². The molecule has 2 heterocycles. The Labute approximate surface area is 116 Å². The Bertz CT molecular complexity index is 451. The monoisotopic (exact) mass is 288 g/mol. The molecule has 1 fully saturated rings. The van der Waals surface area contributed by atoms with Crippen molar-refractivity contribution in [2.24, 2.45) is 0 Å². The fourth-order valence-electron chi connectivity index (χ4n) is 2.21. The van der Waals surface area contributed by atoms with E-state index in [9.17, 15) is 13.2 Å².